The van der Waals surface area contributed by atoms with E-state index in [1.807, 2.05) is 0 Å². The molecule has 6 nitrogen and oxygen atoms in total. The Labute approximate surface area is 123 Å². The number of hydrogen-bond acceptors (Lipinski definition) is 5. The fourth-order valence-corrected chi connectivity index (χ4v) is 3.48. The van der Waals surface area contributed by atoms with Gasteiger partial charge in [0, 0.05) is 19.6 Å². The molecule has 1 N–H and O–H groups in total. The lowest BCUT2D eigenvalue weighted by molar-refractivity contribution is -0.139. The van der Waals surface area contributed by atoms with Gasteiger partial charge < -0.3 is 10.1 Å². The van der Waals surface area contributed by atoms with Gasteiger partial charge in [0.2, 0.25) is 10.0 Å². The number of esters is 1. The van der Waals surface area contributed by atoms with Gasteiger partial charge in [0.05, 0.1) is 13.4 Å². The maximum absolute atomic E-state index is 11.5. The average molecular weight is 357 g/mol. The van der Waals surface area contributed by atoms with Gasteiger partial charge in [0.1, 0.15) is 4.83 Å². The van der Waals surface area contributed by atoms with Crippen LogP contribution in [0.5, 0.6) is 0 Å². The van der Waals surface area contributed by atoms with Gasteiger partial charge in [-0.1, -0.05) is 15.9 Å². The topological polar surface area (TPSA) is 75.7 Å². The molecule has 1 saturated heterocycles. The van der Waals surface area contributed by atoms with Crippen LogP contribution in [-0.2, 0) is 19.6 Å². The molecule has 1 aliphatic rings. The summed E-state index contributed by atoms with van der Waals surface area (Å²) in [6, 6.07) is 0. The van der Waals surface area contributed by atoms with Crippen LogP contribution >= 0.6 is 15.9 Å². The van der Waals surface area contributed by atoms with Crippen LogP contribution in [0.15, 0.2) is 0 Å². The monoisotopic (exact) mass is 356 g/mol. The minimum Gasteiger partial charge on any atom is -0.468 e. The predicted molar refractivity (Wildman–Crippen MR) is 76.7 cm³/mol. The van der Waals surface area contributed by atoms with E-state index in [1.54, 1.807) is 0 Å². The zero-order valence-corrected chi connectivity index (χ0v) is 13.7. The molecular formula is C11H21BrN2O4S. The first-order chi connectivity index (χ1) is 8.84. The van der Waals surface area contributed by atoms with E-state index in [9.17, 15) is 13.2 Å². The van der Waals surface area contributed by atoms with E-state index in [2.05, 4.69) is 26.0 Å². The minimum absolute atomic E-state index is 0.292. The maximum Gasteiger partial charge on any atom is 0.320 e. The normalized spacial score (nSPS) is 23.0. The highest BCUT2D eigenvalue weighted by Gasteiger charge is 2.25. The molecule has 2 atom stereocenters. The number of nitrogens with one attached hydrogen (secondary N) is 1. The molecule has 0 spiro atoms. The van der Waals surface area contributed by atoms with Gasteiger partial charge in [0.25, 0.3) is 0 Å². The standard InChI is InChI=1S/C11H21BrN2O4S/c1-18-11(15)10(12)7-13-6-9-4-3-5-14(8-9)19(2,16)17/h9-10,13H,3-8H2,1-2H3. The third-order valence-corrected chi connectivity index (χ3v) is 5.13. The van der Waals surface area contributed by atoms with Crippen LogP contribution in [0.3, 0.4) is 0 Å². The SMILES string of the molecule is COC(=O)C(Br)CNCC1CCCN(S(C)(=O)=O)C1. The van der Waals surface area contributed by atoms with E-state index < -0.39 is 10.0 Å². The Hall–Kier alpha value is -0.180. The summed E-state index contributed by atoms with van der Waals surface area (Å²) in [6.07, 6.45) is 3.13. The number of methoxy groups -OCH3 is 1. The summed E-state index contributed by atoms with van der Waals surface area (Å²) in [4.78, 5) is 10.8. The molecular weight excluding hydrogens is 336 g/mol. The van der Waals surface area contributed by atoms with Gasteiger partial charge in [-0.15, -0.1) is 0 Å². The van der Waals surface area contributed by atoms with Crippen molar-refractivity contribution in [3.05, 3.63) is 0 Å². The molecule has 1 rings (SSSR count). The Morgan fingerprint density at radius 3 is 2.84 bits per heavy atom. The van der Waals surface area contributed by atoms with E-state index in [0.29, 0.717) is 32.1 Å². The third-order valence-electron chi connectivity index (χ3n) is 3.16. The molecule has 19 heavy (non-hydrogen) atoms. The maximum atomic E-state index is 11.5. The zero-order chi connectivity index (χ0) is 14.5. The van der Waals surface area contributed by atoms with Crippen LogP contribution in [0.25, 0.3) is 0 Å². The molecule has 2 unspecified atom stereocenters. The Balaban J connectivity index is 2.32. The highest BCUT2D eigenvalue weighted by Crippen LogP contribution is 2.18. The van der Waals surface area contributed by atoms with E-state index in [-0.39, 0.29) is 10.8 Å². The first-order valence-electron chi connectivity index (χ1n) is 6.22. The number of alkyl halides is 1. The fourth-order valence-electron chi connectivity index (χ4n) is 2.12. The molecule has 1 fully saturated rings. The Morgan fingerprint density at radius 2 is 2.26 bits per heavy atom. The second kappa shape index (κ2) is 7.56. The van der Waals surface area contributed by atoms with Crippen LogP contribution in [0.4, 0.5) is 0 Å². The summed E-state index contributed by atoms with van der Waals surface area (Å²) < 4.78 is 29.1. The van der Waals surface area contributed by atoms with E-state index in [4.69, 9.17) is 0 Å². The van der Waals surface area contributed by atoms with Crippen LogP contribution in [0.1, 0.15) is 12.8 Å². The number of ether oxygens (including phenoxy) is 1. The van der Waals surface area contributed by atoms with Crippen molar-refractivity contribution in [1.29, 1.82) is 0 Å². The lowest BCUT2D eigenvalue weighted by Crippen LogP contribution is -2.43. The minimum atomic E-state index is -3.10. The molecule has 0 aromatic heterocycles. The lowest BCUT2D eigenvalue weighted by atomic mass is 10.00. The van der Waals surface area contributed by atoms with Gasteiger partial charge in [-0.2, -0.15) is 0 Å². The summed E-state index contributed by atoms with van der Waals surface area (Å²) in [5.74, 6) is -0.0188. The van der Waals surface area contributed by atoms with Crippen molar-refractivity contribution in [2.24, 2.45) is 5.92 Å². The molecule has 0 aromatic rings. The van der Waals surface area contributed by atoms with Gasteiger partial charge in [-0.05, 0) is 25.3 Å². The Kier molecular flexibility index (Phi) is 6.72. The molecule has 112 valence electrons. The number of halogens is 1. The van der Waals surface area contributed by atoms with Crippen LogP contribution in [-0.4, -0.2) is 63.1 Å². The fraction of sp³-hybridized carbons (Fsp3) is 0.909. The van der Waals surface area contributed by atoms with Gasteiger partial charge in [0.15, 0.2) is 0 Å². The van der Waals surface area contributed by atoms with Crippen molar-refractivity contribution in [3.8, 4) is 0 Å². The number of nitrogens with zero attached hydrogens (tertiary/aromatic N) is 1. The summed E-state index contributed by atoms with van der Waals surface area (Å²) >= 11 is 3.23. The summed E-state index contributed by atoms with van der Waals surface area (Å²) in [5.41, 5.74) is 0. The van der Waals surface area contributed by atoms with E-state index in [1.165, 1.54) is 17.7 Å². The molecule has 1 aliphatic heterocycles. The lowest BCUT2D eigenvalue weighted by Gasteiger charge is -2.31. The summed E-state index contributed by atoms with van der Waals surface area (Å²) in [7, 11) is -1.75. The van der Waals surface area contributed by atoms with Gasteiger partial charge in [-0.3, -0.25) is 4.79 Å². The number of carbonyl (C=O) groups excluding carboxylic acids is 1. The smallest absolute Gasteiger partial charge is 0.320 e. The molecule has 8 heteroatoms. The zero-order valence-electron chi connectivity index (χ0n) is 11.3. The predicted octanol–water partition coefficient (Wildman–Crippen LogP) is 0.184. The number of carbonyl (C=O) groups is 1. The second-order valence-electron chi connectivity index (χ2n) is 4.78. The average Bonchev–Trinajstić information content (AvgIpc) is 2.37. The quantitative estimate of drug-likeness (QED) is 0.542. The Bertz CT molecular complexity index is 401. The molecule has 0 amide bonds. The Morgan fingerprint density at radius 1 is 1.58 bits per heavy atom. The third kappa shape index (κ3) is 5.76. The second-order valence-corrected chi connectivity index (χ2v) is 7.87. The molecule has 0 bridgehead atoms. The van der Waals surface area contributed by atoms with Gasteiger partial charge in [-0.25, -0.2) is 12.7 Å². The largest absolute Gasteiger partial charge is 0.468 e. The van der Waals surface area contributed by atoms with Crippen molar-refractivity contribution < 1.29 is 17.9 Å². The van der Waals surface area contributed by atoms with Crippen molar-refractivity contribution in [2.75, 3.05) is 39.5 Å². The molecule has 0 aliphatic carbocycles. The number of sulfonamides is 1. The van der Waals surface area contributed by atoms with Gasteiger partial charge >= 0.3 is 5.97 Å². The van der Waals surface area contributed by atoms with Crippen LogP contribution in [0, 0.1) is 5.92 Å². The number of piperidine rings is 1. The van der Waals surface area contributed by atoms with Crippen LogP contribution in [0.2, 0.25) is 0 Å². The molecule has 0 radical (unpaired) electrons. The highest BCUT2D eigenvalue weighted by molar-refractivity contribution is 9.10. The molecule has 1 heterocycles. The molecule has 0 aromatic carbocycles. The van der Waals surface area contributed by atoms with Crippen molar-refractivity contribution >= 4 is 31.9 Å². The van der Waals surface area contributed by atoms with Crippen LogP contribution < -0.4 is 5.32 Å². The van der Waals surface area contributed by atoms with E-state index >= 15 is 0 Å². The van der Waals surface area contributed by atoms with Crippen molar-refractivity contribution in [3.63, 3.8) is 0 Å². The molecule has 0 saturated carbocycles. The number of hydrogen-bond donors (Lipinski definition) is 1. The van der Waals surface area contributed by atoms with Crippen molar-refractivity contribution in [1.82, 2.24) is 9.62 Å². The van der Waals surface area contributed by atoms with Crippen molar-refractivity contribution in [2.45, 2.75) is 17.7 Å². The highest BCUT2D eigenvalue weighted by atomic mass is 79.9. The summed E-state index contributed by atoms with van der Waals surface area (Å²) in [5, 5.41) is 3.17. The first kappa shape index (κ1) is 16.9. The number of rotatable bonds is 6. The first-order valence-corrected chi connectivity index (χ1v) is 8.98. The van der Waals surface area contributed by atoms with E-state index in [0.717, 1.165) is 12.8 Å². The summed E-state index contributed by atoms with van der Waals surface area (Å²) in [6.45, 7) is 2.34.